The van der Waals surface area contributed by atoms with Gasteiger partial charge in [0.1, 0.15) is 16.5 Å². The molecular weight excluding hydrogens is 392 g/mol. The maximum Gasteiger partial charge on any atom is 0.243 e. The third-order valence-electron chi connectivity index (χ3n) is 4.21. The molecule has 148 valence electrons. The largest absolute Gasteiger partial charge is 0.495 e. The van der Waals surface area contributed by atoms with E-state index in [9.17, 15) is 8.42 Å². The van der Waals surface area contributed by atoms with Crippen LogP contribution in [0.4, 0.5) is 23.1 Å². The number of nitrogens with zero attached hydrogens (tertiary/aromatic N) is 2. The summed E-state index contributed by atoms with van der Waals surface area (Å²) < 4.78 is 29.2. The van der Waals surface area contributed by atoms with Gasteiger partial charge in [-0.05, 0) is 41.8 Å². The first-order chi connectivity index (χ1) is 13.9. The summed E-state index contributed by atoms with van der Waals surface area (Å²) in [5.41, 5.74) is 2.05. The molecule has 4 aromatic rings. The Hall–Kier alpha value is -3.63. The predicted molar refractivity (Wildman–Crippen MR) is 111 cm³/mol. The lowest BCUT2D eigenvalue weighted by Gasteiger charge is -2.14. The standard InChI is InChI=1S/C19H18N6O3S/c1-28-16-4-2-3-14(18(16)29(20,26)27)24-17-8-10-22-19(25-17)23-13-6-5-12-7-9-21-15(12)11-13/h2-11,21H,1H3,(H2,20,26,27)(H2,22,23,24,25). The van der Waals surface area contributed by atoms with Crippen molar-refractivity contribution in [2.45, 2.75) is 4.90 Å². The van der Waals surface area contributed by atoms with Crippen LogP contribution in [0.2, 0.25) is 0 Å². The monoisotopic (exact) mass is 410 g/mol. The van der Waals surface area contributed by atoms with E-state index in [0.717, 1.165) is 16.6 Å². The summed E-state index contributed by atoms with van der Waals surface area (Å²) in [6, 6.07) is 14.2. The molecule has 29 heavy (non-hydrogen) atoms. The number of methoxy groups -OCH3 is 1. The van der Waals surface area contributed by atoms with Crippen molar-refractivity contribution in [1.29, 1.82) is 0 Å². The molecule has 4 rings (SSSR count). The lowest BCUT2D eigenvalue weighted by Crippen LogP contribution is -2.15. The SMILES string of the molecule is COc1cccc(Nc2ccnc(Nc3ccc4cc[nH]c4c3)n2)c1S(N)(=O)=O. The van der Waals surface area contributed by atoms with Crippen LogP contribution in [0, 0.1) is 0 Å². The van der Waals surface area contributed by atoms with E-state index in [-0.39, 0.29) is 16.3 Å². The summed E-state index contributed by atoms with van der Waals surface area (Å²) in [4.78, 5) is 11.6. The minimum atomic E-state index is -4.02. The second kappa shape index (κ2) is 7.41. The molecular formula is C19H18N6O3S. The molecule has 0 saturated carbocycles. The van der Waals surface area contributed by atoms with Crippen LogP contribution in [0.15, 0.2) is 65.8 Å². The number of hydrogen-bond donors (Lipinski definition) is 4. The molecule has 5 N–H and O–H groups in total. The fourth-order valence-corrected chi connectivity index (χ4v) is 3.81. The van der Waals surface area contributed by atoms with Crippen molar-refractivity contribution in [3.63, 3.8) is 0 Å². The number of sulfonamides is 1. The van der Waals surface area contributed by atoms with E-state index in [1.54, 1.807) is 24.4 Å². The number of aromatic amines is 1. The molecule has 0 atom stereocenters. The third kappa shape index (κ3) is 3.98. The van der Waals surface area contributed by atoms with Gasteiger partial charge in [0.05, 0.1) is 12.8 Å². The van der Waals surface area contributed by atoms with Crippen LogP contribution < -0.4 is 20.5 Å². The highest BCUT2D eigenvalue weighted by molar-refractivity contribution is 7.89. The molecule has 0 aliphatic carbocycles. The third-order valence-corrected chi connectivity index (χ3v) is 5.20. The summed E-state index contributed by atoms with van der Waals surface area (Å²) in [7, 11) is -2.64. The molecule has 0 spiro atoms. The lowest BCUT2D eigenvalue weighted by molar-refractivity contribution is 0.403. The van der Waals surface area contributed by atoms with E-state index < -0.39 is 10.0 Å². The fourth-order valence-electron chi connectivity index (χ4n) is 2.95. The Morgan fingerprint density at radius 3 is 2.76 bits per heavy atom. The van der Waals surface area contributed by atoms with Crippen molar-refractivity contribution in [2.75, 3.05) is 17.7 Å². The average molecular weight is 410 g/mol. The number of nitrogens with one attached hydrogen (secondary N) is 3. The highest BCUT2D eigenvalue weighted by Gasteiger charge is 2.20. The lowest BCUT2D eigenvalue weighted by atomic mass is 10.2. The fraction of sp³-hybridized carbons (Fsp3) is 0.0526. The summed E-state index contributed by atoms with van der Waals surface area (Å²) in [6.45, 7) is 0. The van der Waals surface area contributed by atoms with Gasteiger partial charge in [-0.3, -0.25) is 0 Å². The smallest absolute Gasteiger partial charge is 0.243 e. The number of anilines is 4. The van der Waals surface area contributed by atoms with Gasteiger partial charge in [-0.15, -0.1) is 0 Å². The molecule has 0 aliphatic heterocycles. The van der Waals surface area contributed by atoms with Gasteiger partial charge in [-0.1, -0.05) is 12.1 Å². The van der Waals surface area contributed by atoms with Crippen LogP contribution in [-0.2, 0) is 10.0 Å². The van der Waals surface area contributed by atoms with Crippen molar-refractivity contribution in [2.24, 2.45) is 5.14 Å². The van der Waals surface area contributed by atoms with Crippen molar-refractivity contribution in [3.05, 3.63) is 60.9 Å². The maximum absolute atomic E-state index is 12.0. The number of rotatable bonds is 6. The maximum atomic E-state index is 12.0. The van der Waals surface area contributed by atoms with Crippen molar-refractivity contribution >= 4 is 44.1 Å². The number of nitrogens with two attached hydrogens (primary N) is 1. The van der Waals surface area contributed by atoms with E-state index in [0.29, 0.717) is 11.8 Å². The zero-order valence-electron chi connectivity index (χ0n) is 15.4. The zero-order valence-corrected chi connectivity index (χ0v) is 16.2. The topological polar surface area (TPSA) is 135 Å². The Morgan fingerprint density at radius 1 is 1.10 bits per heavy atom. The van der Waals surface area contributed by atoms with Crippen molar-refractivity contribution < 1.29 is 13.2 Å². The number of fused-ring (bicyclic) bond motifs is 1. The van der Waals surface area contributed by atoms with Gasteiger partial charge in [0, 0.05) is 23.6 Å². The molecule has 0 aliphatic rings. The van der Waals surface area contributed by atoms with Crippen molar-refractivity contribution in [3.8, 4) is 5.75 Å². The number of primary sulfonamides is 1. The van der Waals surface area contributed by atoms with Gasteiger partial charge in [0.25, 0.3) is 0 Å². The summed E-state index contributed by atoms with van der Waals surface area (Å²) in [5.74, 6) is 0.881. The Bertz CT molecular complexity index is 1290. The van der Waals surface area contributed by atoms with Gasteiger partial charge >= 0.3 is 0 Å². The van der Waals surface area contributed by atoms with Crippen LogP contribution in [0.25, 0.3) is 10.9 Å². The van der Waals surface area contributed by atoms with Crippen molar-refractivity contribution in [1.82, 2.24) is 15.0 Å². The molecule has 2 aromatic heterocycles. The minimum Gasteiger partial charge on any atom is -0.495 e. The van der Waals surface area contributed by atoms with Gasteiger partial charge in [0.2, 0.25) is 16.0 Å². The molecule has 2 aromatic carbocycles. The number of H-pyrrole nitrogens is 1. The highest BCUT2D eigenvalue weighted by Crippen LogP contribution is 2.32. The Morgan fingerprint density at radius 2 is 1.97 bits per heavy atom. The summed E-state index contributed by atoms with van der Waals surface area (Å²) in [5, 5.41) is 12.6. The Labute approximate surface area is 167 Å². The first kappa shape index (κ1) is 18.7. The highest BCUT2D eigenvalue weighted by atomic mass is 32.2. The first-order valence-electron chi connectivity index (χ1n) is 8.58. The zero-order chi connectivity index (χ0) is 20.4. The molecule has 0 amide bonds. The molecule has 0 saturated heterocycles. The van der Waals surface area contributed by atoms with E-state index in [1.807, 2.05) is 30.5 Å². The Balaban J connectivity index is 1.63. The first-order valence-corrected chi connectivity index (χ1v) is 10.1. The van der Waals surface area contributed by atoms with Gasteiger partial charge in [-0.2, -0.15) is 4.98 Å². The van der Waals surface area contributed by atoms with Crippen LogP contribution >= 0.6 is 0 Å². The number of hydrogen-bond acceptors (Lipinski definition) is 7. The molecule has 10 heteroatoms. The number of benzene rings is 2. The molecule has 2 heterocycles. The number of ether oxygens (including phenoxy) is 1. The van der Waals surface area contributed by atoms with Crippen LogP contribution in [-0.4, -0.2) is 30.5 Å². The number of aromatic nitrogens is 3. The minimum absolute atomic E-state index is 0.143. The normalized spacial score (nSPS) is 11.4. The van der Waals surface area contributed by atoms with Gasteiger partial charge < -0.3 is 20.4 Å². The van der Waals surface area contributed by atoms with Crippen LogP contribution in [0.3, 0.4) is 0 Å². The van der Waals surface area contributed by atoms with Gasteiger partial charge in [-0.25, -0.2) is 18.5 Å². The Kier molecular flexibility index (Phi) is 4.79. The van der Waals surface area contributed by atoms with E-state index in [4.69, 9.17) is 9.88 Å². The predicted octanol–water partition coefficient (Wildman–Crippen LogP) is 3.10. The van der Waals surface area contributed by atoms with E-state index in [1.165, 1.54) is 13.2 Å². The quantitative estimate of drug-likeness (QED) is 0.383. The summed E-state index contributed by atoms with van der Waals surface area (Å²) >= 11 is 0. The molecule has 9 nitrogen and oxygen atoms in total. The molecule has 0 fully saturated rings. The van der Waals surface area contributed by atoms with E-state index in [2.05, 4.69) is 25.6 Å². The van der Waals surface area contributed by atoms with Crippen LogP contribution in [0.5, 0.6) is 5.75 Å². The molecule has 0 radical (unpaired) electrons. The average Bonchev–Trinajstić information content (AvgIpc) is 3.15. The van der Waals surface area contributed by atoms with Gasteiger partial charge in [0.15, 0.2) is 0 Å². The van der Waals surface area contributed by atoms with Crippen LogP contribution in [0.1, 0.15) is 0 Å². The van der Waals surface area contributed by atoms with E-state index >= 15 is 0 Å². The second-order valence-electron chi connectivity index (χ2n) is 6.18. The second-order valence-corrected chi connectivity index (χ2v) is 7.68. The molecule has 0 unspecified atom stereocenters. The molecule has 0 bridgehead atoms. The summed E-state index contributed by atoms with van der Waals surface area (Å²) in [6.07, 6.45) is 3.42.